The standard InChI is InChI=1S/C13H16BrClFNO2S/c14-9-6-7-13(11(16)8-9)20(18,19)17-12-5-3-1-2-4-10(12)15/h6-8,10,12,17H,1-5H2. The molecular weight excluding hydrogens is 369 g/mol. The minimum absolute atomic E-state index is 0.245. The van der Waals surface area contributed by atoms with E-state index in [0.29, 0.717) is 10.9 Å². The predicted octanol–water partition coefficient (Wildman–Crippen LogP) is 3.81. The van der Waals surface area contributed by atoms with E-state index in [2.05, 4.69) is 20.7 Å². The molecule has 20 heavy (non-hydrogen) atoms. The van der Waals surface area contributed by atoms with Gasteiger partial charge in [0.05, 0.1) is 0 Å². The number of benzene rings is 1. The summed E-state index contributed by atoms with van der Waals surface area (Å²) < 4.78 is 41.4. The van der Waals surface area contributed by atoms with Gasteiger partial charge >= 0.3 is 0 Å². The highest BCUT2D eigenvalue weighted by atomic mass is 79.9. The van der Waals surface area contributed by atoms with Gasteiger partial charge in [-0.1, -0.05) is 35.2 Å². The molecule has 1 aliphatic carbocycles. The van der Waals surface area contributed by atoms with E-state index in [1.807, 2.05) is 0 Å². The van der Waals surface area contributed by atoms with Gasteiger partial charge in [0.15, 0.2) is 0 Å². The minimum atomic E-state index is -3.89. The molecule has 2 unspecified atom stereocenters. The van der Waals surface area contributed by atoms with Crippen LogP contribution in [0.1, 0.15) is 32.1 Å². The van der Waals surface area contributed by atoms with Crippen molar-refractivity contribution in [2.75, 3.05) is 0 Å². The molecule has 0 heterocycles. The average molecular weight is 385 g/mol. The zero-order chi connectivity index (χ0) is 14.8. The lowest BCUT2D eigenvalue weighted by Crippen LogP contribution is -2.40. The second-order valence-electron chi connectivity index (χ2n) is 4.96. The summed E-state index contributed by atoms with van der Waals surface area (Å²) >= 11 is 9.32. The molecule has 1 aromatic rings. The van der Waals surface area contributed by atoms with Gasteiger partial charge in [0.1, 0.15) is 10.7 Å². The summed E-state index contributed by atoms with van der Waals surface area (Å²) in [5.41, 5.74) is 0. The first-order valence-corrected chi connectivity index (χ1v) is 9.23. The Hall–Kier alpha value is -0.170. The summed E-state index contributed by atoms with van der Waals surface area (Å²) in [5, 5.41) is -0.245. The first-order valence-electron chi connectivity index (χ1n) is 6.51. The molecule has 0 bridgehead atoms. The van der Waals surface area contributed by atoms with E-state index in [-0.39, 0.29) is 16.3 Å². The fraction of sp³-hybridized carbons (Fsp3) is 0.538. The minimum Gasteiger partial charge on any atom is -0.207 e. The Labute approximate surface area is 132 Å². The molecule has 1 aliphatic rings. The monoisotopic (exact) mass is 383 g/mol. The average Bonchev–Trinajstić information content (AvgIpc) is 2.54. The summed E-state index contributed by atoms with van der Waals surface area (Å²) in [5.74, 6) is -0.772. The van der Waals surface area contributed by atoms with Gasteiger partial charge in [-0.15, -0.1) is 11.6 Å². The third kappa shape index (κ3) is 3.93. The molecule has 1 fully saturated rings. The van der Waals surface area contributed by atoms with Crippen molar-refractivity contribution in [2.45, 2.75) is 48.4 Å². The molecule has 0 saturated heterocycles. The molecule has 0 amide bonds. The molecule has 3 nitrogen and oxygen atoms in total. The van der Waals surface area contributed by atoms with Crippen LogP contribution in [-0.4, -0.2) is 19.8 Å². The van der Waals surface area contributed by atoms with E-state index in [1.165, 1.54) is 12.1 Å². The van der Waals surface area contributed by atoms with Crippen LogP contribution in [0.5, 0.6) is 0 Å². The molecule has 112 valence electrons. The fourth-order valence-electron chi connectivity index (χ4n) is 2.35. The van der Waals surface area contributed by atoms with Crippen LogP contribution in [0.25, 0.3) is 0 Å². The van der Waals surface area contributed by atoms with Crippen molar-refractivity contribution in [3.63, 3.8) is 0 Å². The number of sulfonamides is 1. The van der Waals surface area contributed by atoms with Crippen molar-refractivity contribution < 1.29 is 12.8 Å². The summed E-state index contributed by atoms with van der Waals surface area (Å²) in [6.45, 7) is 0. The lowest BCUT2D eigenvalue weighted by molar-refractivity contribution is 0.507. The molecular formula is C13H16BrClFNO2S. The predicted molar refractivity (Wildman–Crippen MR) is 80.9 cm³/mol. The maximum atomic E-state index is 13.8. The van der Waals surface area contributed by atoms with E-state index in [4.69, 9.17) is 11.6 Å². The van der Waals surface area contributed by atoms with E-state index in [0.717, 1.165) is 31.7 Å². The van der Waals surface area contributed by atoms with Crippen LogP contribution < -0.4 is 4.72 Å². The van der Waals surface area contributed by atoms with Gasteiger partial charge in [0.2, 0.25) is 10.0 Å². The van der Waals surface area contributed by atoms with Gasteiger partial charge < -0.3 is 0 Å². The Balaban J connectivity index is 2.21. The first-order chi connectivity index (χ1) is 9.40. The Morgan fingerprint density at radius 1 is 1.25 bits per heavy atom. The first kappa shape index (κ1) is 16.2. The normalized spacial score (nSPS) is 24.4. The largest absolute Gasteiger partial charge is 0.243 e. The van der Waals surface area contributed by atoms with E-state index in [1.54, 1.807) is 0 Å². The number of hydrogen-bond acceptors (Lipinski definition) is 2. The number of rotatable bonds is 3. The Kier molecular flexibility index (Phi) is 5.45. The third-order valence-electron chi connectivity index (χ3n) is 3.42. The maximum Gasteiger partial charge on any atom is 0.243 e. The second-order valence-corrected chi connectivity index (χ2v) is 8.12. The number of nitrogens with one attached hydrogen (secondary N) is 1. The quantitative estimate of drug-likeness (QED) is 0.636. The van der Waals surface area contributed by atoms with Crippen molar-refractivity contribution in [3.05, 3.63) is 28.5 Å². The second kappa shape index (κ2) is 6.73. The summed E-state index contributed by atoms with van der Waals surface area (Å²) in [6.07, 6.45) is 4.44. The van der Waals surface area contributed by atoms with Gasteiger partial charge in [-0.05, 0) is 31.0 Å². The van der Waals surface area contributed by atoms with Crippen molar-refractivity contribution >= 4 is 37.6 Å². The van der Waals surface area contributed by atoms with Crippen LogP contribution in [0.2, 0.25) is 0 Å². The number of halogens is 3. The zero-order valence-corrected chi connectivity index (χ0v) is 13.9. The van der Waals surface area contributed by atoms with E-state index in [9.17, 15) is 12.8 Å². The Bertz CT molecular complexity index is 582. The van der Waals surface area contributed by atoms with Crippen molar-refractivity contribution in [1.29, 1.82) is 0 Å². The van der Waals surface area contributed by atoms with Crippen LogP contribution in [-0.2, 0) is 10.0 Å². The molecule has 1 N–H and O–H groups in total. The Morgan fingerprint density at radius 2 is 1.95 bits per heavy atom. The molecule has 1 saturated carbocycles. The number of alkyl halides is 1. The third-order valence-corrected chi connectivity index (χ3v) is 5.96. The van der Waals surface area contributed by atoms with E-state index >= 15 is 0 Å². The molecule has 0 spiro atoms. The summed E-state index contributed by atoms with van der Waals surface area (Å²) in [7, 11) is -3.89. The van der Waals surface area contributed by atoms with Gasteiger partial charge in [0.25, 0.3) is 0 Å². The topological polar surface area (TPSA) is 46.2 Å². The smallest absolute Gasteiger partial charge is 0.207 e. The van der Waals surface area contributed by atoms with Crippen LogP contribution in [0.3, 0.4) is 0 Å². The van der Waals surface area contributed by atoms with Crippen molar-refractivity contribution in [2.24, 2.45) is 0 Å². The summed E-state index contributed by atoms with van der Waals surface area (Å²) in [4.78, 5) is -0.339. The lowest BCUT2D eigenvalue weighted by Gasteiger charge is -2.21. The van der Waals surface area contributed by atoms with Gasteiger partial charge in [-0.2, -0.15) is 0 Å². The molecule has 0 radical (unpaired) electrons. The van der Waals surface area contributed by atoms with Crippen LogP contribution in [0.15, 0.2) is 27.6 Å². The van der Waals surface area contributed by atoms with Crippen LogP contribution >= 0.6 is 27.5 Å². The lowest BCUT2D eigenvalue weighted by atomic mass is 10.1. The number of hydrogen-bond donors (Lipinski definition) is 1. The maximum absolute atomic E-state index is 13.8. The zero-order valence-electron chi connectivity index (χ0n) is 10.8. The van der Waals surface area contributed by atoms with E-state index < -0.39 is 15.8 Å². The SMILES string of the molecule is O=S(=O)(NC1CCCCCC1Cl)c1ccc(Br)cc1F. The van der Waals surface area contributed by atoms with Gasteiger partial charge in [-0.25, -0.2) is 17.5 Å². The molecule has 7 heteroatoms. The van der Waals surface area contributed by atoms with Crippen molar-refractivity contribution in [1.82, 2.24) is 4.72 Å². The highest BCUT2D eigenvalue weighted by molar-refractivity contribution is 9.10. The highest BCUT2D eigenvalue weighted by Crippen LogP contribution is 2.25. The molecule has 1 aromatic carbocycles. The van der Waals surface area contributed by atoms with Gasteiger partial charge in [0, 0.05) is 15.9 Å². The molecule has 0 aliphatic heterocycles. The molecule has 0 aromatic heterocycles. The van der Waals surface area contributed by atoms with Crippen LogP contribution in [0.4, 0.5) is 4.39 Å². The highest BCUT2D eigenvalue weighted by Gasteiger charge is 2.28. The van der Waals surface area contributed by atoms with Crippen molar-refractivity contribution in [3.8, 4) is 0 Å². The van der Waals surface area contributed by atoms with Crippen LogP contribution in [0, 0.1) is 5.82 Å². The molecule has 2 atom stereocenters. The fourth-order valence-corrected chi connectivity index (χ4v) is 4.47. The summed E-state index contributed by atoms with van der Waals surface area (Å²) in [6, 6.07) is 3.55. The Morgan fingerprint density at radius 3 is 2.65 bits per heavy atom. The molecule has 2 rings (SSSR count). The van der Waals surface area contributed by atoms with Gasteiger partial charge in [-0.3, -0.25) is 0 Å².